The zero-order valence-electron chi connectivity index (χ0n) is 38.0. The van der Waals surface area contributed by atoms with Gasteiger partial charge in [-0.15, -0.1) is 34.8 Å². The smallest absolute Gasteiger partial charge is 0.656 e. The molecule has 13 aromatic rings. The number of benzene rings is 8. The van der Waals surface area contributed by atoms with Crippen molar-refractivity contribution in [2.24, 2.45) is 0 Å². The van der Waals surface area contributed by atoms with Gasteiger partial charge in [-0.1, -0.05) is 134 Å². The van der Waals surface area contributed by atoms with Crippen LogP contribution in [-0.2, 0) is 26.5 Å². The molecule has 8 heteroatoms. The molecule has 1 aliphatic heterocycles. The zero-order chi connectivity index (χ0) is 45.8. The molecular weight excluding hydrogens is 1040 g/mol. The van der Waals surface area contributed by atoms with Crippen molar-refractivity contribution in [2.75, 3.05) is 4.90 Å². The van der Waals surface area contributed by atoms with E-state index in [-0.39, 0.29) is 26.5 Å². The Hall–Kier alpha value is -8.38. The van der Waals surface area contributed by atoms with Gasteiger partial charge < -0.3 is 14.3 Å². The van der Waals surface area contributed by atoms with Crippen LogP contribution in [0.1, 0.15) is 25.0 Å². The number of rotatable bonds is 6. The molecule has 0 spiro atoms. The van der Waals surface area contributed by atoms with Gasteiger partial charge in [0.25, 0.3) is 0 Å². The van der Waals surface area contributed by atoms with Crippen LogP contribution in [0.25, 0.3) is 105 Å². The zero-order valence-corrected chi connectivity index (χ0v) is 40.3. The SMILES string of the molecule is CC1(C)c2ccc(-c3cccc4c3nc(-c3cc5c6ccccc6oc5c5c3[n-]c3ccc(-c6ccncc6)cc35)n4-c3ccccc3)[c-]c2N(c2cc(-c3ccccc3)ccn2)c2ccccc21.[Pt+2]. The number of nitrogens with zero attached hydrogens (tertiary/aromatic N) is 6. The standard InChI is InChI=1S/C62H40N6O.Pt/c1-62(2)49-20-10-11-21-52(49)68(56-36-41(30-33-64-56)38-14-5-3-6-15-38)54-35-42(24-26-50(54)62)44-19-13-22-53-58(44)66-61(67(53)43-16-7-4-8-17-43)48-37-46-45-18-9-12-23-55(45)69-60(46)57-47-34-40(39-28-31-63-32-29-39)25-27-51(47)65-59(48)57;/h3-34,36-37H,1-2H3;/q-2;+2. The first-order valence-electron chi connectivity index (χ1n) is 23.3. The first kappa shape index (κ1) is 41.8. The van der Waals surface area contributed by atoms with E-state index in [0.717, 1.165) is 122 Å². The average Bonchev–Trinajstić information content (AvgIpc) is 4.11. The Kier molecular flexibility index (Phi) is 9.62. The number of para-hydroxylation sites is 4. The maximum absolute atomic E-state index is 6.78. The summed E-state index contributed by atoms with van der Waals surface area (Å²) in [7, 11) is 0. The summed E-state index contributed by atoms with van der Waals surface area (Å²) < 4.78 is 9.07. The van der Waals surface area contributed by atoms with Crippen molar-refractivity contribution in [1.29, 1.82) is 0 Å². The maximum atomic E-state index is 6.78. The molecule has 0 N–H and O–H groups in total. The first-order chi connectivity index (χ1) is 34.0. The number of hydrogen-bond acceptors (Lipinski definition) is 5. The third-order valence-corrected chi connectivity index (χ3v) is 14.1. The summed E-state index contributed by atoms with van der Waals surface area (Å²) in [5, 5.41) is 4.04. The van der Waals surface area contributed by atoms with Gasteiger partial charge in [-0.3, -0.25) is 9.55 Å². The number of imidazole rings is 1. The number of anilines is 3. The molecule has 14 rings (SSSR count). The van der Waals surface area contributed by atoms with Gasteiger partial charge in [-0.2, -0.15) is 0 Å². The molecule has 0 fully saturated rings. The summed E-state index contributed by atoms with van der Waals surface area (Å²) in [6.45, 7) is 4.61. The maximum Gasteiger partial charge on any atom is 2.00 e. The minimum atomic E-state index is -0.307. The summed E-state index contributed by atoms with van der Waals surface area (Å²) in [5.74, 6) is 1.62. The fourth-order valence-corrected chi connectivity index (χ4v) is 10.8. The normalized spacial score (nSPS) is 13.0. The molecule has 1 aliphatic rings. The molecule has 70 heavy (non-hydrogen) atoms. The molecule has 5 aromatic heterocycles. The van der Waals surface area contributed by atoms with Gasteiger partial charge in [0.15, 0.2) is 0 Å². The van der Waals surface area contributed by atoms with Crippen LogP contribution in [0.2, 0.25) is 0 Å². The van der Waals surface area contributed by atoms with E-state index in [9.17, 15) is 0 Å². The minimum Gasteiger partial charge on any atom is -0.656 e. The number of aromatic nitrogens is 5. The van der Waals surface area contributed by atoms with E-state index >= 15 is 0 Å². The summed E-state index contributed by atoms with van der Waals surface area (Å²) in [4.78, 5) is 22.8. The van der Waals surface area contributed by atoms with Crippen molar-refractivity contribution >= 4 is 72.0 Å². The topological polar surface area (TPSA) is 74.1 Å². The Morgan fingerprint density at radius 1 is 0.586 bits per heavy atom. The Labute approximate surface area is 418 Å². The number of pyridine rings is 2. The Morgan fingerprint density at radius 3 is 2.19 bits per heavy atom. The van der Waals surface area contributed by atoms with Gasteiger partial charge in [-0.25, -0.2) is 9.97 Å². The number of fused-ring (bicyclic) bond motifs is 10. The molecule has 0 amide bonds. The van der Waals surface area contributed by atoms with Gasteiger partial charge in [0.1, 0.15) is 22.8 Å². The van der Waals surface area contributed by atoms with Crippen molar-refractivity contribution < 1.29 is 25.5 Å². The van der Waals surface area contributed by atoms with Gasteiger partial charge >= 0.3 is 21.1 Å². The summed E-state index contributed by atoms with van der Waals surface area (Å²) in [6.07, 6.45) is 5.57. The fraction of sp³-hybridized carbons (Fsp3) is 0.0484. The van der Waals surface area contributed by atoms with Crippen LogP contribution in [0, 0.1) is 6.07 Å². The molecule has 6 heterocycles. The molecular formula is C62H40N6OPt. The van der Waals surface area contributed by atoms with Crippen LogP contribution in [0.3, 0.4) is 0 Å². The van der Waals surface area contributed by atoms with Crippen LogP contribution in [0.5, 0.6) is 0 Å². The van der Waals surface area contributed by atoms with Gasteiger partial charge in [0.05, 0.1) is 11.0 Å². The molecule has 0 radical (unpaired) electrons. The van der Waals surface area contributed by atoms with Crippen LogP contribution in [0.4, 0.5) is 17.2 Å². The van der Waals surface area contributed by atoms with Gasteiger partial charge in [-0.05, 0) is 111 Å². The molecule has 334 valence electrons. The van der Waals surface area contributed by atoms with E-state index in [1.54, 1.807) is 0 Å². The van der Waals surface area contributed by atoms with Crippen molar-refractivity contribution in [3.8, 4) is 50.5 Å². The van der Waals surface area contributed by atoms with Crippen molar-refractivity contribution in [3.63, 3.8) is 0 Å². The summed E-state index contributed by atoms with van der Waals surface area (Å²) >= 11 is 0. The average molecular weight is 1080 g/mol. The molecule has 0 saturated carbocycles. The predicted octanol–water partition coefficient (Wildman–Crippen LogP) is 15.6. The quantitative estimate of drug-likeness (QED) is 0.155. The van der Waals surface area contributed by atoms with E-state index in [1.807, 2.05) is 48.9 Å². The molecule has 0 unspecified atom stereocenters. The van der Waals surface area contributed by atoms with Crippen molar-refractivity contribution in [2.45, 2.75) is 19.3 Å². The van der Waals surface area contributed by atoms with E-state index in [4.69, 9.17) is 19.4 Å². The van der Waals surface area contributed by atoms with E-state index < -0.39 is 0 Å². The Morgan fingerprint density at radius 2 is 1.33 bits per heavy atom. The monoisotopic (exact) mass is 1080 g/mol. The Balaban J connectivity index is 0.00000480. The molecule has 0 saturated heterocycles. The van der Waals surface area contributed by atoms with Gasteiger partial charge in [0, 0.05) is 51.7 Å². The fourth-order valence-electron chi connectivity index (χ4n) is 10.8. The van der Waals surface area contributed by atoms with E-state index in [2.05, 4.69) is 192 Å². The molecule has 0 atom stereocenters. The second-order valence-corrected chi connectivity index (χ2v) is 18.4. The third kappa shape index (κ3) is 6.35. The number of furan rings is 1. The molecule has 7 nitrogen and oxygen atoms in total. The number of hydrogen-bond donors (Lipinski definition) is 0. The van der Waals surface area contributed by atoms with E-state index in [0.29, 0.717) is 0 Å². The predicted molar refractivity (Wildman–Crippen MR) is 280 cm³/mol. The van der Waals surface area contributed by atoms with Gasteiger partial charge in [0.2, 0.25) is 0 Å². The second-order valence-electron chi connectivity index (χ2n) is 18.4. The first-order valence-corrected chi connectivity index (χ1v) is 23.3. The van der Waals surface area contributed by atoms with Crippen LogP contribution < -0.4 is 9.88 Å². The van der Waals surface area contributed by atoms with Crippen LogP contribution in [0.15, 0.2) is 211 Å². The minimum absolute atomic E-state index is 0. The molecule has 0 aliphatic carbocycles. The van der Waals surface area contributed by atoms with E-state index in [1.165, 1.54) is 11.1 Å². The summed E-state index contributed by atoms with van der Waals surface area (Å²) in [6, 6.07) is 70.0. The molecule has 8 aromatic carbocycles. The molecule has 0 bridgehead atoms. The Bertz CT molecular complexity index is 4170. The summed E-state index contributed by atoms with van der Waals surface area (Å²) in [5.41, 5.74) is 17.6. The largest absolute Gasteiger partial charge is 2.00 e. The third-order valence-electron chi connectivity index (χ3n) is 14.1. The van der Waals surface area contributed by atoms with Crippen molar-refractivity contribution in [3.05, 3.63) is 224 Å². The van der Waals surface area contributed by atoms with Crippen molar-refractivity contribution in [1.82, 2.24) is 24.5 Å². The van der Waals surface area contributed by atoms with Crippen LogP contribution in [-0.4, -0.2) is 19.5 Å². The van der Waals surface area contributed by atoms with Crippen LogP contribution >= 0.6 is 0 Å². The second kappa shape index (κ2) is 16.1.